The van der Waals surface area contributed by atoms with Gasteiger partial charge in [0.15, 0.2) is 0 Å². The largest absolute Gasteiger partial charge is 0.363 e. The Bertz CT molecular complexity index is 839. The summed E-state index contributed by atoms with van der Waals surface area (Å²) in [6.45, 7) is 3.83. The Morgan fingerprint density at radius 1 is 1.17 bits per heavy atom. The van der Waals surface area contributed by atoms with Gasteiger partial charge in [0.25, 0.3) is 5.91 Å². The number of piperidine rings is 1. The lowest BCUT2D eigenvalue weighted by atomic mass is 9.89. The minimum absolute atomic E-state index is 0.00552. The van der Waals surface area contributed by atoms with E-state index in [9.17, 15) is 14.4 Å². The second-order valence-electron chi connectivity index (χ2n) is 9.01. The molecule has 1 spiro atoms. The van der Waals surface area contributed by atoms with Crippen molar-refractivity contribution >= 4 is 23.4 Å². The SMILES string of the molecule is Cc1ccc(C(=O)N2CCC3(CC2)CN(C)C(=O)CO3)cc1NC(=O)C1CCCC1. The number of anilines is 1. The van der Waals surface area contributed by atoms with Crippen LogP contribution in [-0.2, 0) is 14.3 Å². The van der Waals surface area contributed by atoms with Gasteiger partial charge in [-0.05, 0) is 50.3 Å². The third-order valence-electron chi connectivity index (χ3n) is 6.88. The van der Waals surface area contributed by atoms with Gasteiger partial charge in [-0.2, -0.15) is 0 Å². The van der Waals surface area contributed by atoms with Crippen LogP contribution in [0.15, 0.2) is 18.2 Å². The maximum Gasteiger partial charge on any atom is 0.253 e. The van der Waals surface area contributed by atoms with Gasteiger partial charge >= 0.3 is 0 Å². The fraction of sp³-hybridized carbons (Fsp3) is 0.609. The summed E-state index contributed by atoms with van der Waals surface area (Å²) in [6, 6.07) is 5.53. The summed E-state index contributed by atoms with van der Waals surface area (Å²) >= 11 is 0. The van der Waals surface area contributed by atoms with Crippen molar-refractivity contribution in [2.45, 2.75) is 51.0 Å². The summed E-state index contributed by atoms with van der Waals surface area (Å²) in [6.07, 6.45) is 5.55. The zero-order chi connectivity index (χ0) is 21.3. The van der Waals surface area contributed by atoms with E-state index < -0.39 is 0 Å². The monoisotopic (exact) mass is 413 g/mol. The fourth-order valence-electron chi connectivity index (χ4n) is 4.81. The number of aryl methyl sites for hydroxylation is 1. The molecule has 2 aliphatic heterocycles. The van der Waals surface area contributed by atoms with Crippen LogP contribution < -0.4 is 5.32 Å². The number of amides is 3. The predicted octanol–water partition coefficient (Wildman–Crippen LogP) is 2.59. The molecule has 30 heavy (non-hydrogen) atoms. The molecule has 0 aromatic heterocycles. The van der Waals surface area contributed by atoms with Crippen molar-refractivity contribution in [1.82, 2.24) is 9.80 Å². The van der Waals surface area contributed by atoms with Gasteiger partial charge in [-0.1, -0.05) is 18.9 Å². The second-order valence-corrected chi connectivity index (χ2v) is 9.01. The van der Waals surface area contributed by atoms with Crippen LogP contribution in [0.3, 0.4) is 0 Å². The first-order valence-electron chi connectivity index (χ1n) is 11.0. The molecule has 2 saturated heterocycles. The molecule has 0 unspecified atom stereocenters. The quantitative estimate of drug-likeness (QED) is 0.826. The van der Waals surface area contributed by atoms with Gasteiger partial charge in [0.05, 0.1) is 5.60 Å². The summed E-state index contributed by atoms with van der Waals surface area (Å²) in [7, 11) is 1.80. The number of benzene rings is 1. The van der Waals surface area contributed by atoms with E-state index in [-0.39, 0.29) is 35.8 Å². The first-order valence-corrected chi connectivity index (χ1v) is 11.0. The van der Waals surface area contributed by atoms with Gasteiger partial charge in [0, 0.05) is 43.9 Å². The Morgan fingerprint density at radius 3 is 2.53 bits per heavy atom. The van der Waals surface area contributed by atoms with Crippen LogP contribution in [0, 0.1) is 12.8 Å². The molecule has 0 bridgehead atoms. The van der Waals surface area contributed by atoms with Crippen LogP contribution in [0.4, 0.5) is 5.69 Å². The minimum atomic E-state index is -0.340. The zero-order valence-electron chi connectivity index (χ0n) is 17.9. The lowest BCUT2D eigenvalue weighted by molar-refractivity contribution is -0.167. The van der Waals surface area contributed by atoms with Crippen LogP contribution in [0.2, 0.25) is 0 Å². The van der Waals surface area contributed by atoms with E-state index >= 15 is 0 Å². The molecule has 1 aromatic carbocycles. The molecular formula is C23H31N3O4. The number of carbonyl (C=O) groups excluding carboxylic acids is 3. The van der Waals surface area contributed by atoms with Crippen molar-refractivity contribution in [1.29, 1.82) is 0 Å². The molecule has 3 amide bonds. The topological polar surface area (TPSA) is 79.0 Å². The number of hydrogen-bond acceptors (Lipinski definition) is 4. The number of likely N-dealkylation sites (N-methyl/N-ethyl adjacent to an activating group) is 1. The van der Waals surface area contributed by atoms with E-state index in [1.54, 1.807) is 18.0 Å². The highest BCUT2D eigenvalue weighted by molar-refractivity contribution is 5.98. The van der Waals surface area contributed by atoms with Crippen LogP contribution in [0.1, 0.15) is 54.4 Å². The molecule has 1 aromatic rings. The molecule has 2 heterocycles. The Morgan fingerprint density at radius 2 is 1.87 bits per heavy atom. The number of nitrogens with one attached hydrogen (secondary N) is 1. The van der Waals surface area contributed by atoms with Gasteiger partial charge in [-0.25, -0.2) is 0 Å². The molecular weight excluding hydrogens is 382 g/mol. The van der Waals surface area contributed by atoms with E-state index in [0.29, 0.717) is 38.0 Å². The van der Waals surface area contributed by atoms with Gasteiger partial charge in [-0.3, -0.25) is 14.4 Å². The maximum atomic E-state index is 13.1. The highest BCUT2D eigenvalue weighted by Gasteiger charge is 2.42. The standard InChI is InChI=1S/C23H31N3O4/c1-16-7-8-18(13-19(16)24-21(28)17-5-3-4-6-17)22(29)26-11-9-23(10-12-26)15-25(2)20(27)14-30-23/h7-8,13,17H,3-6,9-12,14-15H2,1-2H3,(H,24,28). The number of rotatable bonds is 3. The molecule has 162 valence electrons. The number of morpholine rings is 1. The molecule has 0 atom stereocenters. The predicted molar refractivity (Wildman–Crippen MR) is 113 cm³/mol. The molecule has 1 N–H and O–H groups in total. The fourth-order valence-corrected chi connectivity index (χ4v) is 4.81. The van der Waals surface area contributed by atoms with E-state index in [4.69, 9.17) is 4.74 Å². The van der Waals surface area contributed by atoms with Crippen LogP contribution >= 0.6 is 0 Å². The van der Waals surface area contributed by atoms with E-state index in [1.807, 2.05) is 24.0 Å². The number of hydrogen-bond donors (Lipinski definition) is 1. The summed E-state index contributed by atoms with van der Waals surface area (Å²) in [5, 5.41) is 3.04. The number of carbonyl (C=O) groups is 3. The Hall–Kier alpha value is -2.41. The maximum absolute atomic E-state index is 13.1. The minimum Gasteiger partial charge on any atom is -0.363 e. The highest BCUT2D eigenvalue weighted by Crippen LogP contribution is 2.31. The molecule has 3 aliphatic rings. The lowest BCUT2D eigenvalue weighted by Gasteiger charge is -2.46. The van der Waals surface area contributed by atoms with E-state index in [1.165, 1.54) is 0 Å². The average Bonchev–Trinajstić information content (AvgIpc) is 3.28. The number of ether oxygens (including phenoxy) is 1. The van der Waals surface area contributed by atoms with Crippen molar-refractivity contribution in [3.8, 4) is 0 Å². The number of nitrogens with zero attached hydrogens (tertiary/aromatic N) is 2. The van der Waals surface area contributed by atoms with Gasteiger partial charge in [0.1, 0.15) is 6.61 Å². The number of likely N-dealkylation sites (tertiary alicyclic amines) is 1. The molecule has 7 heteroatoms. The van der Waals surface area contributed by atoms with Crippen LogP contribution in [0.5, 0.6) is 0 Å². The Balaban J connectivity index is 1.40. The normalized spacial score (nSPS) is 21.9. The zero-order valence-corrected chi connectivity index (χ0v) is 17.9. The second kappa shape index (κ2) is 8.38. The third kappa shape index (κ3) is 4.21. The highest BCUT2D eigenvalue weighted by atomic mass is 16.5. The summed E-state index contributed by atoms with van der Waals surface area (Å²) < 4.78 is 5.87. The molecule has 1 aliphatic carbocycles. The lowest BCUT2D eigenvalue weighted by Crippen LogP contribution is -2.58. The Kier molecular flexibility index (Phi) is 5.82. The van der Waals surface area contributed by atoms with Crippen molar-refractivity contribution in [2.24, 2.45) is 5.92 Å². The van der Waals surface area contributed by atoms with Gasteiger partial charge < -0.3 is 19.9 Å². The van der Waals surface area contributed by atoms with Gasteiger partial charge in [-0.15, -0.1) is 0 Å². The van der Waals surface area contributed by atoms with Crippen LogP contribution in [-0.4, -0.2) is 66.4 Å². The van der Waals surface area contributed by atoms with Gasteiger partial charge in [0.2, 0.25) is 11.8 Å². The molecule has 0 radical (unpaired) electrons. The van der Waals surface area contributed by atoms with Crippen molar-refractivity contribution in [3.63, 3.8) is 0 Å². The molecule has 3 fully saturated rings. The van der Waals surface area contributed by atoms with Crippen LogP contribution in [0.25, 0.3) is 0 Å². The summed E-state index contributed by atoms with van der Waals surface area (Å²) in [5.74, 6) is 0.128. The average molecular weight is 414 g/mol. The smallest absolute Gasteiger partial charge is 0.253 e. The van der Waals surface area contributed by atoms with Crippen molar-refractivity contribution in [3.05, 3.63) is 29.3 Å². The van der Waals surface area contributed by atoms with E-state index in [0.717, 1.165) is 36.9 Å². The first kappa shape index (κ1) is 20.8. The molecule has 4 rings (SSSR count). The van der Waals surface area contributed by atoms with E-state index in [2.05, 4.69) is 5.32 Å². The first-order chi connectivity index (χ1) is 14.4. The molecule has 7 nitrogen and oxygen atoms in total. The Labute approximate surface area is 177 Å². The third-order valence-corrected chi connectivity index (χ3v) is 6.88. The molecule has 1 saturated carbocycles. The van der Waals surface area contributed by atoms with Crippen molar-refractivity contribution in [2.75, 3.05) is 38.6 Å². The summed E-state index contributed by atoms with van der Waals surface area (Å²) in [4.78, 5) is 40.9. The van der Waals surface area contributed by atoms with Crippen molar-refractivity contribution < 1.29 is 19.1 Å². The summed E-state index contributed by atoms with van der Waals surface area (Å²) in [5.41, 5.74) is 1.93.